The summed E-state index contributed by atoms with van der Waals surface area (Å²) in [4.78, 5) is 37.0. The van der Waals surface area contributed by atoms with Gasteiger partial charge in [0.1, 0.15) is 12.2 Å². The molecule has 1 saturated heterocycles. The molecule has 1 heterocycles. The van der Waals surface area contributed by atoms with Crippen LogP contribution in [0.25, 0.3) is 0 Å². The molecule has 0 radical (unpaired) electrons. The molecular formula is C23H26O5. The zero-order valence-electron chi connectivity index (χ0n) is 16.1. The van der Waals surface area contributed by atoms with Crippen LogP contribution in [0.15, 0.2) is 42.5 Å². The normalized spacial score (nSPS) is 31.0. The Hall–Kier alpha value is -2.43. The van der Waals surface area contributed by atoms with E-state index < -0.39 is 6.10 Å². The second kappa shape index (κ2) is 7.53. The second-order valence-corrected chi connectivity index (χ2v) is 8.51. The Morgan fingerprint density at radius 3 is 2.61 bits per heavy atom. The van der Waals surface area contributed by atoms with Crippen LogP contribution in [0.2, 0.25) is 0 Å². The fourth-order valence-corrected chi connectivity index (χ4v) is 4.87. The summed E-state index contributed by atoms with van der Waals surface area (Å²) in [5.41, 5.74) is 0.209. The molecule has 4 rings (SSSR count). The maximum absolute atomic E-state index is 12.7. The predicted octanol–water partition coefficient (Wildman–Crippen LogP) is 3.87. The molecule has 3 fully saturated rings. The molecule has 1 aromatic carbocycles. The summed E-state index contributed by atoms with van der Waals surface area (Å²) in [6, 6.07) is 8.86. The lowest BCUT2D eigenvalue weighted by Crippen LogP contribution is -2.26. The smallest absolute Gasteiger partial charge is 0.338 e. The first-order valence-corrected chi connectivity index (χ1v) is 10.1. The largest absolute Gasteiger partial charge is 0.462 e. The van der Waals surface area contributed by atoms with Crippen molar-refractivity contribution < 1.29 is 23.9 Å². The lowest BCUT2D eigenvalue weighted by Gasteiger charge is -2.22. The van der Waals surface area contributed by atoms with Crippen molar-refractivity contribution in [3.05, 3.63) is 48.0 Å². The Labute approximate surface area is 165 Å². The SMILES string of the molecule is CC1(C(=O)/C=C/[C@@H]2[C@H]3CC(=O)O[C@H]3C[C@H]2OC(=O)c2ccccc2)CCCC1. The summed E-state index contributed by atoms with van der Waals surface area (Å²) >= 11 is 0. The van der Waals surface area contributed by atoms with Crippen molar-refractivity contribution in [3.63, 3.8) is 0 Å². The summed E-state index contributed by atoms with van der Waals surface area (Å²) in [7, 11) is 0. The first kappa shape index (κ1) is 18.9. The molecule has 0 spiro atoms. The van der Waals surface area contributed by atoms with Crippen LogP contribution in [-0.2, 0) is 19.1 Å². The van der Waals surface area contributed by atoms with Crippen molar-refractivity contribution in [1.82, 2.24) is 0 Å². The number of hydrogen-bond acceptors (Lipinski definition) is 5. The molecule has 4 atom stereocenters. The van der Waals surface area contributed by atoms with Crippen molar-refractivity contribution in [3.8, 4) is 0 Å². The molecule has 3 aliphatic rings. The van der Waals surface area contributed by atoms with Gasteiger partial charge in [-0.2, -0.15) is 0 Å². The molecule has 1 aromatic rings. The van der Waals surface area contributed by atoms with Gasteiger partial charge in [-0.3, -0.25) is 9.59 Å². The molecule has 148 valence electrons. The van der Waals surface area contributed by atoms with Gasteiger partial charge in [0.25, 0.3) is 0 Å². The van der Waals surface area contributed by atoms with E-state index >= 15 is 0 Å². The van der Waals surface area contributed by atoms with E-state index in [1.165, 1.54) is 0 Å². The number of benzene rings is 1. The fourth-order valence-electron chi connectivity index (χ4n) is 4.87. The van der Waals surface area contributed by atoms with Gasteiger partial charge in [0.15, 0.2) is 5.78 Å². The number of esters is 2. The van der Waals surface area contributed by atoms with Crippen LogP contribution in [0.4, 0.5) is 0 Å². The number of allylic oxidation sites excluding steroid dienone is 1. The van der Waals surface area contributed by atoms with E-state index in [2.05, 4.69) is 0 Å². The Bertz CT molecular complexity index is 790. The van der Waals surface area contributed by atoms with Gasteiger partial charge in [-0.15, -0.1) is 0 Å². The fraction of sp³-hybridized carbons (Fsp3) is 0.522. The minimum atomic E-state index is -0.392. The third-order valence-corrected chi connectivity index (χ3v) is 6.59. The summed E-state index contributed by atoms with van der Waals surface area (Å²) in [6.07, 6.45) is 7.69. The highest BCUT2D eigenvalue weighted by atomic mass is 16.6. The molecule has 0 bridgehead atoms. The predicted molar refractivity (Wildman–Crippen MR) is 102 cm³/mol. The molecule has 1 aliphatic heterocycles. The molecule has 0 unspecified atom stereocenters. The molecule has 2 saturated carbocycles. The maximum Gasteiger partial charge on any atom is 0.338 e. The average molecular weight is 382 g/mol. The van der Waals surface area contributed by atoms with E-state index in [4.69, 9.17) is 9.47 Å². The Balaban J connectivity index is 1.50. The van der Waals surface area contributed by atoms with Gasteiger partial charge in [0.2, 0.25) is 0 Å². The van der Waals surface area contributed by atoms with Crippen LogP contribution in [0.3, 0.4) is 0 Å². The van der Waals surface area contributed by atoms with Crippen LogP contribution in [0.1, 0.15) is 55.8 Å². The van der Waals surface area contributed by atoms with Gasteiger partial charge < -0.3 is 9.47 Å². The van der Waals surface area contributed by atoms with Gasteiger partial charge in [0.05, 0.1) is 12.0 Å². The maximum atomic E-state index is 12.7. The number of rotatable bonds is 5. The number of carbonyl (C=O) groups excluding carboxylic acids is 3. The highest BCUT2D eigenvalue weighted by molar-refractivity contribution is 5.94. The Kier molecular flexibility index (Phi) is 5.09. The van der Waals surface area contributed by atoms with E-state index in [0.29, 0.717) is 18.4 Å². The van der Waals surface area contributed by atoms with Crippen LogP contribution < -0.4 is 0 Å². The molecule has 0 aromatic heterocycles. The number of ketones is 1. The number of ether oxygens (including phenoxy) is 2. The third-order valence-electron chi connectivity index (χ3n) is 6.59. The molecule has 0 N–H and O–H groups in total. The van der Waals surface area contributed by atoms with Crippen molar-refractivity contribution >= 4 is 17.7 Å². The quantitative estimate of drug-likeness (QED) is 0.571. The number of fused-ring (bicyclic) bond motifs is 1. The molecule has 5 nitrogen and oxygen atoms in total. The van der Waals surface area contributed by atoms with Crippen molar-refractivity contribution in [2.24, 2.45) is 17.3 Å². The van der Waals surface area contributed by atoms with E-state index in [0.717, 1.165) is 25.7 Å². The van der Waals surface area contributed by atoms with Gasteiger partial charge in [-0.05, 0) is 31.1 Å². The number of hydrogen-bond donors (Lipinski definition) is 0. The molecular weight excluding hydrogens is 356 g/mol. The van der Waals surface area contributed by atoms with Crippen LogP contribution in [0, 0.1) is 17.3 Å². The van der Waals surface area contributed by atoms with Crippen molar-refractivity contribution in [1.29, 1.82) is 0 Å². The van der Waals surface area contributed by atoms with Crippen molar-refractivity contribution in [2.45, 2.75) is 57.7 Å². The lowest BCUT2D eigenvalue weighted by molar-refractivity contribution is -0.141. The minimum Gasteiger partial charge on any atom is -0.462 e. The summed E-state index contributed by atoms with van der Waals surface area (Å²) in [5.74, 6) is -0.689. The van der Waals surface area contributed by atoms with Gasteiger partial charge >= 0.3 is 11.9 Å². The first-order valence-electron chi connectivity index (χ1n) is 10.1. The second-order valence-electron chi connectivity index (χ2n) is 8.51. The van der Waals surface area contributed by atoms with E-state index in [1.807, 2.05) is 19.1 Å². The Morgan fingerprint density at radius 1 is 1.18 bits per heavy atom. The average Bonchev–Trinajstić information content (AvgIpc) is 3.36. The van der Waals surface area contributed by atoms with Crippen molar-refractivity contribution in [2.75, 3.05) is 0 Å². The van der Waals surface area contributed by atoms with E-state index in [9.17, 15) is 14.4 Å². The van der Waals surface area contributed by atoms with E-state index in [1.54, 1.807) is 30.3 Å². The monoisotopic (exact) mass is 382 g/mol. The topological polar surface area (TPSA) is 69.7 Å². The zero-order chi connectivity index (χ0) is 19.7. The van der Waals surface area contributed by atoms with Gasteiger partial charge in [-0.1, -0.05) is 44.0 Å². The first-order chi connectivity index (χ1) is 13.5. The standard InChI is InChI=1S/C23H26O5/c1-23(11-5-6-12-23)20(24)10-9-16-17-13-21(25)27-19(17)14-18(16)28-22(26)15-7-3-2-4-8-15/h2-4,7-10,16-19H,5-6,11-14H2,1H3/b10-9+/t16-,17-,18-,19+/m1/s1. The number of carbonyl (C=O) groups is 3. The third kappa shape index (κ3) is 3.62. The summed E-state index contributed by atoms with van der Waals surface area (Å²) in [6.45, 7) is 2.03. The van der Waals surface area contributed by atoms with Gasteiger partial charge in [0, 0.05) is 23.7 Å². The summed E-state index contributed by atoms with van der Waals surface area (Å²) in [5, 5.41) is 0. The molecule has 0 amide bonds. The van der Waals surface area contributed by atoms with Crippen LogP contribution >= 0.6 is 0 Å². The highest BCUT2D eigenvalue weighted by Gasteiger charge is 2.51. The Morgan fingerprint density at radius 2 is 1.89 bits per heavy atom. The van der Waals surface area contributed by atoms with Crippen LogP contribution in [0.5, 0.6) is 0 Å². The molecule has 28 heavy (non-hydrogen) atoms. The molecule has 5 heteroatoms. The van der Waals surface area contributed by atoms with Gasteiger partial charge in [-0.25, -0.2) is 4.79 Å². The van der Waals surface area contributed by atoms with Crippen LogP contribution in [-0.4, -0.2) is 29.9 Å². The zero-order valence-corrected chi connectivity index (χ0v) is 16.1. The van der Waals surface area contributed by atoms with E-state index in [-0.39, 0.29) is 41.1 Å². The molecule has 2 aliphatic carbocycles. The lowest BCUT2D eigenvalue weighted by atomic mass is 9.82. The highest BCUT2D eigenvalue weighted by Crippen LogP contribution is 2.44. The summed E-state index contributed by atoms with van der Waals surface area (Å²) < 4.78 is 11.2. The minimum absolute atomic E-state index is 0.0403.